The molecule has 6 nitrogen and oxygen atoms in total. The molecule has 0 aliphatic carbocycles. The summed E-state index contributed by atoms with van der Waals surface area (Å²) in [4.78, 5) is -0.124. The lowest BCUT2D eigenvalue weighted by molar-refractivity contribution is 0.0605. The van der Waals surface area contributed by atoms with Crippen LogP contribution in [0.2, 0.25) is 0 Å². The Balaban J connectivity index is 1.97. The first-order valence-corrected chi connectivity index (χ1v) is 8.90. The van der Waals surface area contributed by atoms with E-state index < -0.39 is 10.1 Å². The van der Waals surface area contributed by atoms with Crippen molar-refractivity contribution in [3.63, 3.8) is 0 Å². The van der Waals surface area contributed by atoms with E-state index in [1.165, 1.54) is 12.1 Å². The summed E-state index contributed by atoms with van der Waals surface area (Å²) in [5, 5.41) is 5.10. The maximum absolute atomic E-state index is 11.2. The van der Waals surface area contributed by atoms with Gasteiger partial charge < -0.3 is 4.74 Å². The number of ether oxygens (including phenoxy) is 1. The standard InChI is InChI=1S/C13H15BrN2O4S/c14-13-11-7-10(21(17,18)19)1-2-12(11)16(15-13)8-9-3-5-20-6-4-9/h1-2,7,9H,3-6,8H2,(H,17,18,19). The van der Waals surface area contributed by atoms with E-state index in [1.807, 2.05) is 4.68 Å². The SMILES string of the molecule is O=S(=O)(O)c1ccc2c(c1)c(Br)nn2CC1CCOCC1. The second kappa shape index (κ2) is 5.68. The minimum atomic E-state index is -4.20. The van der Waals surface area contributed by atoms with Gasteiger partial charge in [-0.05, 0) is 52.9 Å². The first-order chi connectivity index (χ1) is 9.95. The number of benzene rings is 1. The quantitative estimate of drug-likeness (QED) is 0.834. The van der Waals surface area contributed by atoms with Crippen LogP contribution in [0.15, 0.2) is 27.7 Å². The van der Waals surface area contributed by atoms with E-state index in [-0.39, 0.29) is 4.90 Å². The molecule has 2 heterocycles. The Kier molecular flexibility index (Phi) is 4.04. The van der Waals surface area contributed by atoms with Crippen LogP contribution in [0.3, 0.4) is 0 Å². The maximum Gasteiger partial charge on any atom is 0.294 e. The summed E-state index contributed by atoms with van der Waals surface area (Å²) in [7, 11) is -4.20. The molecule has 0 saturated carbocycles. The Labute approximate surface area is 131 Å². The maximum atomic E-state index is 11.2. The number of halogens is 1. The molecule has 1 aliphatic rings. The summed E-state index contributed by atoms with van der Waals surface area (Å²) in [6, 6.07) is 4.50. The molecule has 1 aliphatic heterocycles. The molecule has 1 aromatic heterocycles. The molecule has 0 bridgehead atoms. The summed E-state index contributed by atoms with van der Waals surface area (Å²) >= 11 is 3.35. The predicted molar refractivity (Wildman–Crippen MR) is 80.8 cm³/mol. The van der Waals surface area contributed by atoms with Crippen LogP contribution in [0.5, 0.6) is 0 Å². The molecule has 1 N–H and O–H groups in total. The lowest BCUT2D eigenvalue weighted by atomic mass is 10.0. The molecule has 2 aromatic rings. The van der Waals surface area contributed by atoms with Crippen LogP contribution < -0.4 is 0 Å². The summed E-state index contributed by atoms with van der Waals surface area (Å²) < 4.78 is 39.4. The smallest absolute Gasteiger partial charge is 0.294 e. The van der Waals surface area contributed by atoms with Gasteiger partial charge in [0.05, 0.1) is 10.4 Å². The normalized spacial score (nSPS) is 17.4. The fourth-order valence-electron chi connectivity index (χ4n) is 2.59. The minimum Gasteiger partial charge on any atom is -0.381 e. The van der Waals surface area contributed by atoms with Crippen LogP contribution in [0.25, 0.3) is 10.9 Å². The van der Waals surface area contributed by atoms with Crippen molar-refractivity contribution in [3.8, 4) is 0 Å². The third-order valence-electron chi connectivity index (χ3n) is 3.75. The highest BCUT2D eigenvalue weighted by Crippen LogP contribution is 2.28. The van der Waals surface area contributed by atoms with Crippen LogP contribution in [0, 0.1) is 5.92 Å². The summed E-state index contributed by atoms with van der Waals surface area (Å²) in [5.41, 5.74) is 0.848. The van der Waals surface area contributed by atoms with Gasteiger partial charge in [0.1, 0.15) is 4.60 Å². The number of fused-ring (bicyclic) bond motifs is 1. The van der Waals surface area contributed by atoms with Gasteiger partial charge in [0.2, 0.25) is 0 Å². The molecule has 1 saturated heterocycles. The van der Waals surface area contributed by atoms with Crippen molar-refractivity contribution in [1.82, 2.24) is 9.78 Å². The molecular formula is C13H15BrN2O4S. The van der Waals surface area contributed by atoms with E-state index in [4.69, 9.17) is 9.29 Å². The van der Waals surface area contributed by atoms with Gasteiger partial charge in [0.15, 0.2) is 0 Å². The molecule has 0 atom stereocenters. The van der Waals surface area contributed by atoms with Gasteiger partial charge in [-0.15, -0.1) is 0 Å². The van der Waals surface area contributed by atoms with E-state index in [9.17, 15) is 8.42 Å². The molecule has 3 rings (SSSR count). The van der Waals surface area contributed by atoms with Crippen molar-refractivity contribution in [2.75, 3.05) is 13.2 Å². The van der Waals surface area contributed by atoms with E-state index >= 15 is 0 Å². The number of nitrogens with zero attached hydrogens (tertiary/aromatic N) is 2. The number of hydrogen-bond donors (Lipinski definition) is 1. The molecule has 21 heavy (non-hydrogen) atoms. The Morgan fingerprint density at radius 1 is 1.38 bits per heavy atom. The molecule has 0 radical (unpaired) electrons. The Morgan fingerprint density at radius 3 is 2.76 bits per heavy atom. The van der Waals surface area contributed by atoms with E-state index in [0.717, 1.165) is 38.1 Å². The van der Waals surface area contributed by atoms with Gasteiger partial charge in [0.25, 0.3) is 10.1 Å². The molecule has 114 valence electrons. The highest BCUT2D eigenvalue weighted by atomic mass is 79.9. The van der Waals surface area contributed by atoms with Gasteiger partial charge in [-0.1, -0.05) is 0 Å². The van der Waals surface area contributed by atoms with Crippen molar-refractivity contribution in [3.05, 3.63) is 22.8 Å². The second-order valence-electron chi connectivity index (χ2n) is 5.18. The van der Waals surface area contributed by atoms with Crippen molar-refractivity contribution in [2.24, 2.45) is 5.92 Å². The van der Waals surface area contributed by atoms with Crippen LogP contribution in [-0.2, 0) is 21.4 Å². The molecule has 1 aromatic carbocycles. The highest BCUT2D eigenvalue weighted by Gasteiger charge is 2.19. The van der Waals surface area contributed by atoms with Crippen LogP contribution in [0.1, 0.15) is 12.8 Å². The Bertz CT molecular complexity index is 766. The van der Waals surface area contributed by atoms with Crippen molar-refractivity contribution in [1.29, 1.82) is 0 Å². The van der Waals surface area contributed by atoms with Crippen molar-refractivity contribution < 1.29 is 17.7 Å². The first kappa shape index (κ1) is 15.0. The highest BCUT2D eigenvalue weighted by molar-refractivity contribution is 9.10. The average Bonchev–Trinajstić information content (AvgIpc) is 2.75. The Morgan fingerprint density at radius 2 is 2.10 bits per heavy atom. The monoisotopic (exact) mass is 374 g/mol. The zero-order valence-electron chi connectivity index (χ0n) is 11.2. The van der Waals surface area contributed by atoms with Crippen molar-refractivity contribution in [2.45, 2.75) is 24.3 Å². The van der Waals surface area contributed by atoms with Crippen LogP contribution >= 0.6 is 15.9 Å². The summed E-state index contributed by atoms with van der Waals surface area (Å²) in [6.07, 6.45) is 2.00. The lowest BCUT2D eigenvalue weighted by Gasteiger charge is -2.22. The van der Waals surface area contributed by atoms with Gasteiger partial charge in [-0.3, -0.25) is 9.23 Å². The summed E-state index contributed by atoms with van der Waals surface area (Å²) in [5.74, 6) is 0.509. The van der Waals surface area contributed by atoms with E-state index in [0.29, 0.717) is 15.9 Å². The minimum absolute atomic E-state index is 0.124. The van der Waals surface area contributed by atoms with Gasteiger partial charge in [-0.25, -0.2) is 0 Å². The molecule has 0 amide bonds. The van der Waals surface area contributed by atoms with Gasteiger partial charge >= 0.3 is 0 Å². The molecule has 8 heteroatoms. The van der Waals surface area contributed by atoms with E-state index in [2.05, 4.69) is 21.0 Å². The number of hydrogen-bond acceptors (Lipinski definition) is 4. The van der Waals surface area contributed by atoms with Gasteiger partial charge in [-0.2, -0.15) is 13.5 Å². The zero-order chi connectivity index (χ0) is 15.0. The predicted octanol–water partition coefficient (Wildman–Crippen LogP) is 2.47. The van der Waals surface area contributed by atoms with E-state index in [1.54, 1.807) is 6.07 Å². The Hall–Kier alpha value is -0.960. The fraction of sp³-hybridized carbons (Fsp3) is 0.462. The second-order valence-corrected chi connectivity index (χ2v) is 7.36. The molecular weight excluding hydrogens is 360 g/mol. The largest absolute Gasteiger partial charge is 0.381 e. The first-order valence-electron chi connectivity index (χ1n) is 6.66. The van der Waals surface area contributed by atoms with Crippen LogP contribution in [-0.4, -0.2) is 36.0 Å². The third-order valence-corrected chi connectivity index (χ3v) is 5.18. The molecule has 0 spiro atoms. The molecule has 1 fully saturated rings. The fourth-order valence-corrected chi connectivity index (χ4v) is 3.61. The molecule has 0 unspecified atom stereocenters. The third kappa shape index (κ3) is 3.13. The van der Waals surface area contributed by atoms with Gasteiger partial charge in [0, 0.05) is 25.1 Å². The number of rotatable bonds is 3. The van der Waals surface area contributed by atoms with Crippen molar-refractivity contribution >= 4 is 37.0 Å². The topological polar surface area (TPSA) is 81.4 Å². The number of aromatic nitrogens is 2. The zero-order valence-corrected chi connectivity index (χ0v) is 13.6. The van der Waals surface area contributed by atoms with Crippen LogP contribution in [0.4, 0.5) is 0 Å². The summed E-state index contributed by atoms with van der Waals surface area (Å²) in [6.45, 7) is 2.33. The lowest BCUT2D eigenvalue weighted by Crippen LogP contribution is -2.20. The average molecular weight is 375 g/mol.